The first-order chi connectivity index (χ1) is 8.56. The van der Waals surface area contributed by atoms with Crippen LogP contribution >= 0.6 is 22.9 Å². The molecule has 2 aromatic rings. The van der Waals surface area contributed by atoms with E-state index in [2.05, 4.69) is 4.98 Å². The van der Waals surface area contributed by atoms with E-state index >= 15 is 0 Å². The molecule has 96 valence electrons. The molecule has 3 nitrogen and oxygen atoms in total. The molecule has 0 saturated heterocycles. The number of thiazole rings is 1. The number of halogens is 1. The number of benzene rings is 1. The van der Waals surface area contributed by atoms with Crippen LogP contribution in [0.4, 0.5) is 0 Å². The lowest BCUT2D eigenvalue weighted by molar-refractivity contribution is 0.305. The molecule has 0 bridgehead atoms. The lowest BCUT2D eigenvalue weighted by Crippen LogP contribution is -2.07. The fraction of sp³-hybridized carbons (Fsp3) is 0.308. The summed E-state index contributed by atoms with van der Waals surface area (Å²) in [5.74, 6) is 0.778. The SMILES string of the molecule is Cc1ncc(COc2ccc(Cl)cc2[C@@H](C)N)s1. The molecular weight excluding hydrogens is 268 g/mol. The van der Waals surface area contributed by atoms with Gasteiger partial charge < -0.3 is 10.5 Å². The molecule has 0 radical (unpaired) electrons. The highest BCUT2D eigenvalue weighted by Crippen LogP contribution is 2.28. The van der Waals surface area contributed by atoms with Crippen molar-refractivity contribution in [2.75, 3.05) is 0 Å². The first-order valence-electron chi connectivity index (χ1n) is 5.65. The molecule has 2 N–H and O–H groups in total. The molecule has 2 rings (SSSR count). The van der Waals surface area contributed by atoms with Gasteiger partial charge in [-0.2, -0.15) is 0 Å². The average Bonchev–Trinajstić information content (AvgIpc) is 2.73. The average molecular weight is 283 g/mol. The maximum atomic E-state index is 5.96. The van der Waals surface area contributed by atoms with Gasteiger partial charge >= 0.3 is 0 Å². The van der Waals surface area contributed by atoms with Crippen molar-refractivity contribution in [1.29, 1.82) is 0 Å². The number of ether oxygens (including phenoxy) is 1. The van der Waals surface area contributed by atoms with Gasteiger partial charge in [-0.15, -0.1) is 11.3 Å². The van der Waals surface area contributed by atoms with Crippen LogP contribution in [0.3, 0.4) is 0 Å². The Hall–Kier alpha value is -1.10. The quantitative estimate of drug-likeness (QED) is 0.930. The summed E-state index contributed by atoms with van der Waals surface area (Å²) in [6.07, 6.45) is 1.83. The molecule has 0 unspecified atom stereocenters. The molecule has 0 saturated carbocycles. The summed E-state index contributed by atoms with van der Waals surface area (Å²) in [7, 11) is 0. The van der Waals surface area contributed by atoms with Crippen molar-refractivity contribution in [2.24, 2.45) is 5.73 Å². The van der Waals surface area contributed by atoms with Crippen LogP contribution in [0.25, 0.3) is 0 Å². The predicted octanol–water partition coefficient (Wildman–Crippen LogP) is 3.70. The van der Waals surface area contributed by atoms with Gasteiger partial charge in [0.15, 0.2) is 0 Å². The summed E-state index contributed by atoms with van der Waals surface area (Å²) in [6.45, 7) is 4.39. The number of aryl methyl sites for hydroxylation is 1. The predicted molar refractivity (Wildman–Crippen MR) is 75.2 cm³/mol. The first-order valence-corrected chi connectivity index (χ1v) is 6.85. The van der Waals surface area contributed by atoms with E-state index < -0.39 is 0 Å². The van der Waals surface area contributed by atoms with Crippen LogP contribution in [-0.4, -0.2) is 4.98 Å². The summed E-state index contributed by atoms with van der Waals surface area (Å²) < 4.78 is 5.78. The summed E-state index contributed by atoms with van der Waals surface area (Å²) in [6, 6.07) is 5.40. The van der Waals surface area contributed by atoms with Crippen LogP contribution in [0.1, 0.15) is 28.4 Å². The van der Waals surface area contributed by atoms with Gasteiger partial charge in [0.25, 0.3) is 0 Å². The van der Waals surface area contributed by atoms with Crippen molar-refractivity contribution >= 4 is 22.9 Å². The fourth-order valence-corrected chi connectivity index (χ4v) is 2.52. The highest BCUT2D eigenvalue weighted by Gasteiger charge is 2.09. The topological polar surface area (TPSA) is 48.1 Å². The van der Waals surface area contributed by atoms with Gasteiger partial charge in [0.1, 0.15) is 12.4 Å². The van der Waals surface area contributed by atoms with Crippen molar-refractivity contribution < 1.29 is 4.74 Å². The Labute approximate surface area is 116 Å². The van der Waals surface area contributed by atoms with Gasteiger partial charge in [0.05, 0.1) is 9.88 Å². The lowest BCUT2D eigenvalue weighted by atomic mass is 10.1. The monoisotopic (exact) mass is 282 g/mol. The first kappa shape index (κ1) is 13.3. The lowest BCUT2D eigenvalue weighted by Gasteiger charge is -2.13. The van der Waals surface area contributed by atoms with Crippen molar-refractivity contribution in [1.82, 2.24) is 4.98 Å². The van der Waals surface area contributed by atoms with Crippen molar-refractivity contribution in [2.45, 2.75) is 26.5 Å². The van der Waals surface area contributed by atoms with Crippen LogP contribution in [0, 0.1) is 6.92 Å². The maximum Gasteiger partial charge on any atom is 0.124 e. The molecule has 0 amide bonds. The minimum Gasteiger partial charge on any atom is -0.488 e. The van der Waals surface area contributed by atoms with Gasteiger partial charge in [-0.3, -0.25) is 0 Å². The summed E-state index contributed by atoms with van der Waals surface area (Å²) in [5, 5.41) is 1.71. The van der Waals surface area contributed by atoms with E-state index in [1.807, 2.05) is 32.2 Å². The number of hydrogen-bond donors (Lipinski definition) is 1. The Morgan fingerprint density at radius 2 is 2.28 bits per heavy atom. The highest BCUT2D eigenvalue weighted by atomic mass is 35.5. The Kier molecular flexibility index (Phi) is 4.22. The van der Waals surface area contributed by atoms with Gasteiger partial charge in [-0.25, -0.2) is 4.98 Å². The van der Waals surface area contributed by atoms with Gasteiger partial charge in [-0.05, 0) is 32.0 Å². The maximum absolute atomic E-state index is 5.96. The standard InChI is InChI=1S/C13H15ClN2OS/c1-8(15)12-5-10(14)3-4-13(12)17-7-11-6-16-9(2)18-11/h3-6,8H,7,15H2,1-2H3/t8-/m1/s1. The molecule has 1 atom stereocenters. The van der Waals surface area contributed by atoms with Gasteiger partial charge in [0, 0.05) is 22.8 Å². The van der Waals surface area contributed by atoms with Crippen LogP contribution in [-0.2, 0) is 6.61 Å². The fourth-order valence-electron chi connectivity index (χ4n) is 1.63. The number of nitrogens with two attached hydrogens (primary N) is 1. The Morgan fingerprint density at radius 3 is 2.89 bits per heavy atom. The van der Waals surface area contributed by atoms with E-state index in [0.29, 0.717) is 11.6 Å². The Morgan fingerprint density at radius 1 is 1.50 bits per heavy atom. The normalized spacial score (nSPS) is 12.4. The van der Waals surface area contributed by atoms with Crippen LogP contribution in [0.5, 0.6) is 5.75 Å². The van der Waals surface area contributed by atoms with E-state index in [-0.39, 0.29) is 6.04 Å². The third-order valence-corrected chi connectivity index (χ3v) is 3.62. The van der Waals surface area contributed by atoms with E-state index in [4.69, 9.17) is 22.1 Å². The van der Waals surface area contributed by atoms with Crippen LogP contribution < -0.4 is 10.5 Å². The minimum atomic E-state index is -0.109. The molecular formula is C13H15ClN2OS. The van der Waals surface area contributed by atoms with E-state index in [1.165, 1.54) is 0 Å². The summed E-state index contributed by atoms with van der Waals surface area (Å²) >= 11 is 7.59. The van der Waals surface area contributed by atoms with Crippen molar-refractivity contribution in [3.63, 3.8) is 0 Å². The summed E-state index contributed by atoms with van der Waals surface area (Å²) in [4.78, 5) is 5.29. The molecule has 0 fully saturated rings. The summed E-state index contributed by atoms with van der Waals surface area (Å²) in [5.41, 5.74) is 6.83. The molecule has 1 aromatic heterocycles. The van der Waals surface area contributed by atoms with Crippen molar-refractivity contribution in [3.05, 3.63) is 44.9 Å². The Balaban J connectivity index is 2.13. The second kappa shape index (κ2) is 5.69. The number of rotatable bonds is 4. The third-order valence-electron chi connectivity index (χ3n) is 2.50. The van der Waals surface area contributed by atoms with Crippen LogP contribution in [0.2, 0.25) is 5.02 Å². The molecule has 1 aromatic carbocycles. The molecule has 0 aliphatic rings. The number of hydrogen-bond acceptors (Lipinski definition) is 4. The third kappa shape index (κ3) is 3.22. The molecule has 0 aliphatic heterocycles. The molecule has 18 heavy (non-hydrogen) atoms. The second-order valence-electron chi connectivity index (χ2n) is 4.11. The largest absolute Gasteiger partial charge is 0.488 e. The molecule has 0 spiro atoms. The Bertz CT molecular complexity index is 540. The zero-order valence-corrected chi connectivity index (χ0v) is 11.9. The zero-order chi connectivity index (χ0) is 13.1. The zero-order valence-electron chi connectivity index (χ0n) is 10.3. The molecule has 1 heterocycles. The van der Waals surface area contributed by atoms with Crippen molar-refractivity contribution in [3.8, 4) is 5.75 Å². The van der Waals surface area contributed by atoms with E-state index in [1.54, 1.807) is 17.4 Å². The number of nitrogens with zero attached hydrogens (tertiary/aromatic N) is 1. The van der Waals surface area contributed by atoms with Gasteiger partial charge in [0.2, 0.25) is 0 Å². The van der Waals surface area contributed by atoms with Gasteiger partial charge in [-0.1, -0.05) is 11.6 Å². The number of aromatic nitrogens is 1. The van der Waals surface area contributed by atoms with E-state index in [9.17, 15) is 0 Å². The van der Waals surface area contributed by atoms with Crippen LogP contribution in [0.15, 0.2) is 24.4 Å². The second-order valence-corrected chi connectivity index (χ2v) is 5.86. The smallest absolute Gasteiger partial charge is 0.124 e. The highest BCUT2D eigenvalue weighted by molar-refractivity contribution is 7.11. The minimum absolute atomic E-state index is 0.109. The molecule has 5 heteroatoms. The van der Waals surface area contributed by atoms with E-state index in [0.717, 1.165) is 21.2 Å². The molecule has 0 aliphatic carbocycles.